The number of halogens is 1. The lowest BCUT2D eigenvalue weighted by atomic mass is 10.2. The normalized spacial score (nSPS) is 16.0. The third-order valence-electron chi connectivity index (χ3n) is 4.05. The molecule has 2 aromatic rings. The van der Waals surface area contributed by atoms with E-state index in [9.17, 15) is 13.2 Å². The van der Waals surface area contributed by atoms with E-state index in [-0.39, 0.29) is 10.5 Å². The van der Waals surface area contributed by atoms with E-state index in [0.717, 1.165) is 17.7 Å². The van der Waals surface area contributed by atoms with Crippen molar-refractivity contribution in [2.75, 3.05) is 13.1 Å². The van der Waals surface area contributed by atoms with Crippen molar-refractivity contribution in [3.05, 3.63) is 51.2 Å². The van der Waals surface area contributed by atoms with E-state index >= 15 is 0 Å². The van der Waals surface area contributed by atoms with E-state index < -0.39 is 15.9 Å². The summed E-state index contributed by atoms with van der Waals surface area (Å²) in [4.78, 5) is 13.3. The summed E-state index contributed by atoms with van der Waals surface area (Å²) in [6.07, 6.45) is 1.72. The number of benzene rings is 1. The lowest BCUT2D eigenvalue weighted by Gasteiger charge is -2.15. The highest BCUT2D eigenvalue weighted by Gasteiger charge is 2.27. The Morgan fingerprint density at radius 2 is 1.96 bits per heavy atom. The van der Waals surface area contributed by atoms with E-state index in [4.69, 9.17) is 11.6 Å². The van der Waals surface area contributed by atoms with Gasteiger partial charge in [0.1, 0.15) is 0 Å². The molecule has 0 spiro atoms. The molecular formula is C17H18ClN3O3S2. The lowest BCUT2D eigenvalue weighted by molar-refractivity contribution is 0.0954. The molecule has 3 rings (SSSR count). The third-order valence-corrected chi connectivity index (χ3v) is 7.29. The van der Waals surface area contributed by atoms with Crippen molar-refractivity contribution >= 4 is 44.6 Å². The summed E-state index contributed by atoms with van der Waals surface area (Å²) < 4.78 is 27.3. The Balaban J connectivity index is 1.76. The molecule has 1 aromatic carbocycles. The Kier molecular flexibility index (Phi) is 5.76. The fourth-order valence-corrected chi connectivity index (χ4v) is 5.19. The van der Waals surface area contributed by atoms with Crippen molar-refractivity contribution in [1.82, 2.24) is 9.73 Å². The maximum Gasteiger partial charge on any atom is 0.271 e. The van der Waals surface area contributed by atoms with Crippen LogP contribution >= 0.6 is 22.9 Å². The molecule has 0 bridgehead atoms. The van der Waals surface area contributed by atoms with Crippen LogP contribution in [0, 0.1) is 0 Å². The number of hydrazone groups is 1. The summed E-state index contributed by atoms with van der Waals surface area (Å²) in [5.41, 5.74) is 3.32. The van der Waals surface area contributed by atoms with Crippen molar-refractivity contribution in [3.8, 4) is 0 Å². The molecule has 0 atom stereocenters. The number of sulfonamides is 1. The number of carbonyl (C=O) groups excluding carboxylic acids is 1. The Hall–Kier alpha value is -1.74. The van der Waals surface area contributed by atoms with Gasteiger partial charge in [0.2, 0.25) is 10.0 Å². The number of rotatable bonds is 5. The van der Waals surface area contributed by atoms with Crippen molar-refractivity contribution in [3.63, 3.8) is 0 Å². The van der Waals surface area contributed by atoms with Crippen LogP contribution in [0.15, 0.2) is 46.4 Å². The maximum absolute atomic E-state index is 12.6. The minimum Gasteiger partial charge on any atom is -0.267 e. The smallest absolute Gasteiger partial charge is 0.267 e. The van der Waals surface area contributed by atoms with Gasteiger partial charge in [0.05, 0.1) is 19.8 Å². The molecule has 1 saturated heterocycles. The van der Waals surface area contributed by atoms with Gasteiger partial charge >= 0.3 is 0 Å². The summed E-state index contributed by atoms with van der Waals surface area (Å²) in [6, 6.07) is 9.59. The Morgan fingerprint density at radius 1 is 1.23 bits per heavy atom. The van der Waals surface area contributed by atoms with Crippen LogP contribution in [0.5, 0.6) is 0 Å². The van der Waals surface area contributed by atoms with Gasteiger partial charge in [-0.05, 0) is 50.1 Å². The highest BCUT2D eigenvalue weighted by Crippen LogP contribution is 2.23. The first-order chi connectivity index (χ1) is 12.4. The van der Waals surface area contributed by atoms with Gasteiger partial charge in [-0.15, -0.1) is 11.3 Å². The molecule has 2 heterocycles. The van der Waals surface area contributed by atoms with E-state index in [1.165, 1.54) is 27.8 Å². The van der Waals surface area contributed by atoms with Crippen LogP contribution < -0.4 is 5.43 Å². The fraction of sp³-hybridized carbons (Fsp3) is 0.294. The van der Waals surface area contributed by atoms with Crippen LogP contribution in [-0.4, -0.2) is 37.4 Å². The van der Waals surface area contributed by atoms with Gasteiger partial charge in [-0.25, -0.2) is 13.8 Å². The standard InChI is InChI=1S/C17H18ClN3O3S2/c1-12(15-7-8-16(18)25-15)19-20-17(22)13-5-4-6-14(11-13)26(23,24)21-9-2-3-10-21/h4-8,11H,2-3,9-10H2,1H3,(H,20,22)/b19-12-. The third kappa shape index (κ3) is 4.15. The molecule has 1 amide bonds. The molecule has 138 valence electrons. The summed E-state index contributed by atoms with van der Waals surface area (Å²) in [7, 11) is -3.56. The first-order valence-corrected chi connectivity index (χ1v) is 10.7. The first-order valence-electron chi connectivity index (χ1n) is 8.08. The summed E-state index contributed by atoms with van der Waals surface area (Å²) in [5.74, 6) is -0.467. The average molecular weight is 412 g/mol. The van der Waals surface area contributed by atoms with E-state index in [1.807, 2.05) is 6.07 Å². The molecule has 0 aliphatic carbocycles. The minimum atomic E-state index is -3.56. The van der Waals surface area contributed by atoms with Crippen LogP contribution in [0.1, 0.15) is 35.0 Å². The minimum absolute atomic E-state index is 0.123. The predicted molar refractivity (Wildman–Crippen MR) is 103 cm³/mol. The van der Waals surface area contributed by atoms with Gasteiger partial charge in [-0.2, -0.15) is 9.41 Å². The molecule has 1 fully saturated rings. The average Bonchev–Trinajstić information content (AvgIpc) is 3.31. The van der Waals surface area contributed by atoms with E-state index in [1.54, 1.807) is 25.1 Å². The molecule has 1 aliphatic rings. The van der Waals surface area contributed by atoms with Crippen molar-refractivity contribution in [1.29, 1.82) is 0 Å². The largest absolute Gasteiger partial charge is 0.271 e. The number of nitrogens with zero attached hydrogens (tertiary/aromatic N) is 2. The second kappa shape index (κ2) is 7.87. The number of carbonyl (C=O) groups is 1. The number of hydrogen-bond donors (Lipinski definition) is 1. The second-order valence-electron chi connectivity index (χ2n) is 5.88. The molecular weight excluding hydrogens is 394 g/mol. The molecule has 9 heteroatoms. The fourth-order valence-electron chi connectivity index (χ4n) is 2.64. The SMILES string of the molecule is C/C(=N/NC(=O)c1cccc(S(=O)(=O)N2CCCC2)c1)c1ccc(Cl)s1. The Morgan fingerprint density at radius 3 is 2.62 bits per heavy atom. The van der Waals surface area contributed by atoms with Crippen LogP contribution in [-0.2, 0) is 10.0 Å². The van der Waals surface area contributed by atoms with Gasteiger partial charge in [-0.1, -0.05) is 17.7 Å². The quantitative estimate of drug-likeness (QED) is 0.605. The zero-order chi connectivity index (χ0) is 18.7. The molecule has 1 aliphatic heterocycles. The van der Waals surface area contributed by atoms with Crippen LogP contribution in [0.25, 0.3) is 0 Å². The van der Waals surface area contributed by atoms with Crippen LogP contribution in [0.2, 0.25) is 4.34 Å². The lowest BCUT2D eigenvalue weighted by Crippen LogP contribution is -2.28. The van der Waals surface area contributed by atoms with Gasteiger partial charge in [0, 0.05) is 18.7 Å². The monoisotopic (exact) mass is 411 g/mol. The zero-order valence-electron chi connectivity index (χ0n) is 14.1. The first kappa shape index (κ1) is 19.0. The molecule has 1 aromatic heterocycles. The summed E-state index contributed by atoms with van der Waals surface area (Å²) in [6.45, 7) is 2.80. The zero-order valence-corrected chi connectivity index (χ0v) is 16.5. The van der Waals surface area contributed by atoms with E-state index in [2.05, 4.69) is 10.5 Å². The number of hydrogen-bond acceptors (Lipinski definition) is 5. The molecule has 0 radical (unpaired) electrons. The molecule has 6 nitrogen and oxygen atoms in total. The van der Waals surface area contributed by atoms with Crippen molar-refractivity contribution in [2.45, 2.75) is 24.7 Å². The van der Waals surface area contributed by atoms with Crippen molar-refractivity contribution < 1.29 is 13.2 Å². The number of thiophene rings is 1. The van der Waals surface area contributed by atoms with Gasteiger partial charge in [0.15, 0.2) is 0 Å². The molecule has 1 N–H and O–H groups in total. The Labute approximate surface area is 161 Å². The maximum atomic E-state index is 12.6. The Bertz CT molecular complexity index is 948. The van der Waals surface area contributed by atoms with E-state index in [0.29, 0.717) is 23.1 Å². The van der Waals surface area contributed by atoms with Crippen LogP contribution in [0.4, 0.5) is 0 Å². The van der Waals surface area contributed by atoms with Crippen molar-refractivity contribution in [2.24, 2.45) is 5.10 Å². The summed E-state index contributed by atoms with van der Waals surface area (Å²) in [5, 5.41) is 4.06. The van der Waals surface area contributed by atoms with Gasteiger partial charge < -0.3 is 0 Å². The predicted octanol–water partition coefficient (Wildman–Crippen LogP) is 3.34. The van der Waals surface area contributed by atoms with Gasteiger partial charge in [0.25, 0.3) is 5.91 Å². The number of nitrogens with one attached hydrogen (secondary N) is 1. The highest BCUT2D eigenvalue weighted by atomic mass is 35.5. The number of amides is 1. The second-order valence-corrected chi connectivity index (χ2v) is 9.53. The van der Waals surface area contributed by atoms with Gasteiger partial charge in [-0.3, -0.25) is 4.79 Å². The molecule has 0 saturated carbocycles. The molecule has 26 heavy (non-hydrogen) atoms. The molecule has 0 unspecified atom stereocenters. The topological polar surface area (TPSA) is 78.8 Å². The van der Waals surface area contributed by atoms with Crippen LogP contribution in [0.3, 0.4) is 0 Å². The highest BCUT2D eigenvalue weighted by molar-refractivity contribution is 7.89. The summed E-state index contributed by atoms with van der Waals surface area (Å²) >= 11 is 7.25.